The Labute approximate surface area is 129 Å². The molecule has 0 spiro atoms. The molecule has 0 radical (unpaired) electrons. The van der Waals surface area contributed by atoms with E-state index >= 15 is 0 Å². The molecule has 1 unspecified atom stereocenters. The Balaban J connectivity index is 2.49. The van der Waals surface area contributed by atoms with Crippen LogP contribution in [0.3, 0.4) is 0 Å². The van der Waals surface area contributed by atoms with Gasteiger partial charge < -0.3 is 15.3 Å². The molecule has 0 aliphatic rings. The van der Waals surface area contributed by atoms with Gasteiger partial charge in [0.1, 0.15) is 0 Å². The van der Waals surface area contributed by atoms with Gasteiger partial charge in [-0.2, -0.15) is 0 Å². The van der Waals surface area contributed by atoms with Gasteiger partial charge in [0.15, 0.2) is 0 Å². The van der Waals surface area contributed by atoms with Crippen molar-refractivity contribution in [3.63, 3.8) is 0 Å². The molecule has 2 N–H and O–H groups in total. The average Bonchev–Trinajstić information content (AvgIpc) is 2.42. The van der Waals surface area contributed by atoms with Crippen LogP contribution >= 0.6 is 11.6 Å². The maximum Gasteiger partial charge on any atom is 0.317 e. The van der Waals surface area contributed by atoms with Crippen LogP contribution in [0.4, 0.5) is 4.79 Å². The van der Waals surface area contributed by atoms with Crippen LogP contribution in [-0.4, -0.2) is 35.6 Å². The van der Waals surface area contributed by atoms with Gasteiger partial charge >= 0.3 is 12.0 Å². The molecule has 1 aromatic carbocycles. The van der Waals surface area contributed by atoms with E-state index in [1.54, 1.807) is 19.2 Å². The summed E-state index contributed by atoms with van der Waals surface area (Å²) in [5, 5.41) is 12.3. The van der Waals surface area contributed by atoms with E-state index in [2.05, 4.69) is 5.32 Å². The van der Waals surface area contributed by atoms with Crippen molar-refractivity contribution in [2.24, 2.45) is 5.92 Å². The zero-order valence-corrected chi connectivity index (χ0v) is 13.1. The number of hydrogen-bond acceptors (Lipinski definition) is 2. The molecule has 0 aromatic heterocycles. The second-order valence-corrected chi connectivity index (χ2v) is 5.43. The number of benzene rings is 1. The first-order valence-electron chi connectivity index (χ1n) is 6.90. The predicted octanol–water partition coefficient (Wildman–Crippen LogP) is 2.98. The van der Waals surface area contributed by atoms with Gasteiger partial charge in [0.05, 0.1) is 5.92 Å². The molecule has 2 amide bonds. The Kier molecular flexibility index (Phi) is 7.02. The van der Waals surface area contributed by atoms with Gasteiger partial charge in [-0.25, -0.2) is 4.79 Å². The molecule has 0 saturated heterocycles. The Bertz CT molecular complexity index is 494. The summed E-state index contributed by atoms with van der Waals surface area (Å²) in [5.41, 5.74) is 0.920. The minimum atomic E-state index is -0.880. The number of carboxylic acid groups (broad SMARTS) is 1. The van der Waals surface area contributed by atoms with Crippen molar-refractivity contribution in [2.45, 2.75) is 26.3 Å². The van der Waals surface area contributed by atoms with Crippen LogP contribution in [0.5, 0.6) is 0 Å². The topological polar surface area (TPSA) is 69.6 Å². The number of carbonyl (C=O) groups excluding carboxylic acids is 1. The molecule has 6 heteroatoms. The van der Waals surface area contributed by atoms with E-state index in [0.29, 0.717) is 18.0 Å². The average molecular weight is 313 g/mol. The van der Waals surface area contributed by atoms with Gasteiger partial charge in [0.2, 0.25) is 0 Å². The number of nitrogens with zero attached hydrogens (tertiary/aromatic N) is 1. The molecule has 0 aliphatic carbocycles. The summed E-state index contributed by atoms with van der Waals surface area (Å²) in [6.45, 7) is 2.48. The monoisotopic (exact) mass is 312 g/mol. The minimum absolute atomic E-state index is 0.141. The first kappa shape index (κ1) is 17.3. The fourth-order valence-corrected chi connectivity index (χ4v) is 2.20. The van der Waals surface area contributed by atoms with Crippen molar-refractivity contribution >= 4 is 23.6 Å². The third-order valence-electron chi connectivity index (χ3n) is 3.14. The Morgan fingerprint density at radius 1 is 1.43 bits per heavy atom. The standard InChI is InChI=1S/C15H21ClN2O3/c1-3-5-12(14(19)20)9-17-15(21)18(2)10-11-6-4-7-13(16)8-11/h4,6-8,12H,3,5,9-10H2,1-2H3,(H,17,21)(H,19,20). The fourth-order valence-electron chi connectivity index (χ4n) is 1.99. The smallest absolute Gasteiger partial charge is 0.317 e. The fraction of sp³-hybridized carbons (Fsp3) is 0.467. The molecule has 116 valence electrons. The molecular weight excluding hydrogens is 292 g/mol. The van der Waals surface area contributed by atoms with E-state index in [4.69, 9.17) is 16.7 Å². The molecular formula is C15H21ClN2O3. The molecule has 1 atom stereocenters. The largest absolute Gasteiger partial charge is 0.481 e. The highest BCUT2D eigenvalue weighted by atomic mass is 35.5. The summed E-state index contributed by atoms with van der Waals surface area (Å²) in [6.07, 6.45) is 1.32. The van der Waals surface area contributed by atoms with Gasteiger partial charge in [0, 0.05) is 25.2 Å². The summed E-state index contributed by atoms with van der Waals surface area (Å²) < 4.78 is 0. The number of urea groups is 1. The van der Waals surface area contributed by atoms with Crippen molar-refractivity contribution in [2.75, 3.05) is 13.6 Å². The van der Waals surface area contributed by atoms with Crippen LogP contribution in [-0.2, 0) is 11.3 Å². The number of amides is 2. The third-order valence-corrected chi connectivity index (χ3v) is 3.38. The molecule has 21 heavy (non-hydrogen) atoms. The van der Waals surface area contributed by atoms with Crippen molar-refractivity contribution in [1.82, 2.24) is 10.2 Å². The summed E-state index contributed by atoms with van der Waals surface area (Å²) in [7, 11) is 1.66. The minimum Gasteiger partial charge on any atom is -0.481 e. The second kappa shape index (κ2) is 8.52. The zero-order valence-electron chi connectivity index (χ0n) is 12.3. The second-order valence-electron chi connectivity index (χ2n) is 5.00. The van der Waals surface area contributed by atoms with Crippen molar-refractivity contribution < 1.29 is 14.7 Å². The van der Waals surface area contributed by atoms with Gasteiger partial charge in [-0.3, -0.25) is 4.79 Å². The molecule has 1 aromatic rings. The van der Waals surface area contributed by atoms with E-state index in [9.17, 15) is 9.59 Å². The number of nitrogens with one attached hydrogen (secondary N) is 1. The quantitative estimate of drug-likeness (QED) is 0.813. The molecule has 5 nitrogen and oxygen atoms in total. The number of hydrogen-bond donors (Lipinski definition) is 2. The lowest BCUT2D eigenvalue weighted by Crippen LogP contribution is -2.40. The molecule has 0 aliphatic heterocycles. The van der Waals surface area contributed by atoms with E-state index in [1.807, 2.05) is 19.1 Å². The number of aliphatic carboxylic acids is 1. The molecule has 0 saturated carbocycles. The Morgan fingerprint density at radius 3 is 2.71 bits per heavy atom. The van der Waals surface area contributed by atoms with Gasteiger partial charge in [0.25, 0.3) is 0 Å². The highest BCUT2D eigenvalue weighted by Gasteiger charge is 2.18. The maximum atomic E-state index is 12.0. The maximum absolute atomic E-state index is 12.0. The highest BCUT2D eigenvalue weighted by molar-refractivity contribution is 6.30. The first-order valence-corrected chi connectivity index (χ1v) is 7.28. The lowest BCUT2D eigenvalue weighted by molar-refractivity contribution is -0.141. The van der Waals surface area contributed by atoms with E-state index in [1.165, 1.54) is 4.90 Å². The van der Waals surface area contributed by atoms with Crippen LogP contribution in [0.1, 0.15) is 25.3 Å². The molecule has 0 bridgehead atoms. The van der Waals surface area contributed by atoms with Crippen molar-refractivity contribution in [3.8, 4) is 0 Å². The highest BCUT2D eigenvalue weighted by Crippen LogP contribution is 2.12. The summed E-state index contributed by atoms with van der Waals surface area (Å²) in [5.74, 6) is -1.42. The van der Waals surface area contributed by atoms with Gasteiger partial charge in [-0.1, -0.05) is 37.1 Å². The van der Waals surface area contributed by atoms with E-state index < -0.39 is 11.9 Å². The van der Waals surface area contributed by atoms with Crippen molar-refractivity contribution in [3.05, 3.63) is 34.9 Å². The zero-order chi connectivity index (χ0) is 15.8. The van der Waals surface area contributed by atoms with Crippen LogP contribution in [0.25, 0.3) is 0 Å². The van der Waals surface area contributed by atoms with Crippen LogP contribution in [0.2, 0.25) is 5.02 Å². The third kappa shape index (κ3) is 6.04. The number of rotatable bonds is 7. The lowest BCUT2D eigenvalue weighted by Gasteiger charge is -2.20. The Hall–Kier alpha value is -1.75. The molecule has 0 heterocycles. The number of halogens is 1. The molecule has 1 rings (SSSR count). The molecule has 0 fully saturated rings. The summed E-state index contributed by atoms with van der Waals surface area (Å²) in [4.78, 5) is 24.5. The van der Waals surface area contributed by atoms with E-state index in [0.717, 1.165) is 12.0 Å². The normalized spacial score (nSPS) is 11.8. The lowest BCUT2D eigenvalue weighted by atomic mass is 10.0. The number of carbonyl (C=O) groups is 2. The first-order chi connectivity index (χ1) is 9.93. The number of carboxylic acids is 1. The SMILES string of the molecule is CCCC(CNC(=O)N(C)Cc1cccc(Cl)c1)C(=O)O. The van der Waals surface area contributed by atoms with E-state index in [-0.39, 0.29) is 12.6 Å². The summed E-state index contributed by atoms with van der Waals surface area (Å²) in [6, 6.07) is 6.98. The van der Waals surface area contributed by atoms with Gasteiger partial charge in [-0.15, -0.1) is 0 Å². The van der Waals surface area contributed by atoms with Crippen LogP contribution < -0.4 is 5.32 Å². The predicted molar refractivity (Wildman–Crippen MR) is 82.4 cm³/mol. The van der Waals surface area contributed by atoms with Gasteiger partial charge in [-0.05, 0) is 24.1 Å². The van der Waals surface area contributed by atoms with Crippen LogP contribution in [0.15, 0.2) is 24.3 Å². The summed E-state index contributed by atoms with van der Waals surface area (Å²) >= 11 is 5.90. The van der Waals surface area contributed by atoms with Crippen LogP contribution in [0, 0.1) is 5.92 Å². The Morgan fingerprint density at radius 2 is 2.14 bits per heavy atom. The van der Waals surface area contributed by atoms with Crippen molar-refractivity contribution in [1.29, 1.82) is 0 Å².